The molecule has 8 heteroatoms. The molecule has 0 atom stereocenters. The lowest BCUT2D eigenvalue weighted by atomic mass is 10.0. The number of nitrogens with one attached hydrogen (secondary N) is 2. The molecule has 2 N–H and O–H groups in total. The summed E-state index contributed by atoms with van der Waals surface area (Å²) < 4.78 is 1.81. The van der Waals surface area contributed by atoms with Gasteiger partial charge in [-0.05, 0) is 62.7 Å². The van der Waals surface area contributed by atoms with Crippen LogP contribution in [0.1, 0.15) is 12.8 Å². The van der Waals surface area contributed by atoms with Crippen molar-refractivity contribution in [3.63, 3.8) is 0 Å². The molecule has 5 rings (SSSR count). The molecule has 1 saturated carbocycles. The van der Waals surface area contributed by atoms with Crippen molar-refractivity contribution in [2.24, 2.45) is 5.92 Å². The van der Waals surface area contributed by atoms with Gasteiger partial charge in [-0.2, -0.15) is 0 Å². The molecular formula is C27H28N6O2. The number of carbonyl (C=O) groups is 1. The minimum atomic E-state index is -0.223. The number of nitrogens with zero attached hydrogens (tertiary/aromatic N) is 4. The number of amides is 1. The van der Waals surface area contributed by atoms with E-state index in [0.29, 0.717) is 18.3 Å². The van der Waals surface area contributed by atoms with E-state index >= 15 is 0 Å². The second kappa shape index (κ2) is 9.68. The lowest BCUT2D eigenvalue weighted by Crippen LogP contribution is -2.19. The molecule has 4 heterocycles. The average Bonchev–Trinajstić information content (AvgIpc) is 3.56. The summed E-state index contributed by atoms with van der Waals surface area (Å²) in [6, 6.07) is 9.30. The lowest BCUT2D eigenvalue weighted by Gasteiger charge is -2.08. The Morgan fingerprint density at radius 2 is 2.03 bits per heavy atom. The van der Waals surface area contributed by atoms with Crippen molar-refractivity contribution in [1.82, 2.24) is 24.4 Å². The van der Waals surface area contributed by atoms with Crippen molar-refractivity contribution in [2.45, 2.75) is 19.4 Å². The number of H-pyrrole nitrogens is 1. The number of hydrogen-bond donors (Lipinski definition) is 2. The fraction of sp³-hybridized carbons (Fsp3) is 0.259. The number of aromatic amines is 1. The van der Waals surface area contributed by atoms with Crippen LogP contribution in [0, 0.1) is 5.92 Å². The molecule has 0 bridgehead atoms. The summed E-state index contributed by atoms with van der Waals surface area (Å²) in [5, 5.41) is 3.78. The highest BCUT2D eigenvalue weighted by Crippen LogP contribution is 2.33. The molecule has 0 unspecified atom stereocenters. The van der Waals surface area contributed by atoms with E-state index in [9.17, 15) is 9.59 Å². The van der Waals surface area contributed by atoms with Crippen molar-refractivity contribution in [3.05, 3.63) is 77.6 Å². The highest BCUT2D eigenvalue weighted by molar-refractivity contribution is 5.99. The first kappa shape index (κ1) is 22.7. The molecule has 8 nitrogen and oxygen atoms in total. The van der Waals surface area contributed by atoms with Crippen molar-refractivity contribution >= 4 is 22.8 Å². The molecular weight excluding hydrogens is 440 g/mol. The van der Waals surface area contributed by atoms with Crippen LogP contribution < -0.4 is 10.9 Å². The Labute approximate surface area is 203 Å². The van der Waals surface area contributed by atoms with Gasteiger partial charge in [-0.1, -0.05) is 6.08 Å². The molecule has 0 aromatic carbocycles. The molecule has 4 aromatic rings. The largest absolute Gasteiger partial charge is 0.346 e. The molecule has 1 fully saturated rings. The minimum absolute atomic E-state index is 0.0298. The summed E-state index contributed by atoms with van der Waals surface area (Å²) in [6.07, 6.45) is 13.0. The highest BCUT2D eigenvalue weighted by atomic mass is 16.1. The smallest absolute Gasteiger partial charge is 0.250 e. The zero-order chi connectivity index (χ0) is 24.4. The standard InChI is InChI=1S/C27H28N6O2/c1-32(2)11-3-4-25(34)31-24-13-19(9-10-28-24)21-12-22-23(15-30-27(22)29-14-21)20-7-8-26(35)33(17-20)16-18-5-6-18/h3-4,7-10,12-15,17-18H,5-6,11,16H2,1-2H3,(H,29,30)(H,28,31,34). The first-order valence-electron chi connectivity index (χ1n) is 11.7. The topological polar surface area (TPSA) is 95.9 Å². The van der Waals surface area contributed by atoms with E-state index in [1.807, 2.05) is 54.2 Å². The Bertz CT molecular complexity index is 1460. The summed E-state index contributed by atoms with van der Waals surface area (Å²) in [5.41, 5.74) is 4.58. The molecule has 1 aliphatic rings. The maximum Gasteiger partial charge on any atom is 0.250 e. The van der Waals surface area contributed by atoms with Crippen LogP contribution in [0.4, 0.5) is 5.82 Å². The SMILES string of the molecule is CN(C)CC=CC(=O)Nc1cc(-c2cnc3[nH]cc(-c4ccc(=O)n(CC5CC5)c4)c3c2)ccn1. The Balaban J connectivity index is 1.42. The van der Waals surface area contributed by atoms with E-state index in [-0.39, 0.29) is 11.5 Å². The van der Waals surface area contributed by atoms with Gasteiger partial charge in [0.15, 0.2) is 0 Å². The predicted molar refractivity (Wildman–Crippen MR) is 138 cm³/mol. The summed E-state index contributed by atoms with van der Waals surface area (Å²) in [7, 11) is 3.89. The van der Waals surface area contributed by atoms with E-state index in [4.69, 9.17) is 0 Å². The minimum Gasteiger partial charge on any atom is -0.346 e. The average molecular weight is 469 g/mol. The quantitative estimate of drug-likeness (QED) is 0.382. The Kier molecular flexibility index (Phi) is 6.29. The van der Waals surface area contributed by atoms with Crippen LogP contribution in [0.25, 0.3) is 33.3 Å². The van der Waals surface area contributed by atoms with Gasteiger partial charge in [-0.3, -0.25) is 9.59 Å². The number of anilines is 1. The van der Waals surface area contributed by atoms with Gasteiger partial charge in [-0.25, -0.2) is 9.97 Å². The fourth-order valence-electron chi connectivity index (χ4n) is 4.03. The number of fused-ring (bicyclic) bond motifs is 1. The van der Waals surface area contributed by atoms with Crippen molar-refractivity contribution in [2.75, 3.05) is 26.0 Å². The second-order valence-electron chi connectivity index (χ2n) is 9.26. The van der Waals surface area contributed by atoms with Gasteiger partial charge >= 0.3 is 0 Å². The van der Waals surface area contributed by atoms with Gasteiger partial charge in [0, 0.05) is 72.1 Å². The van der Waals surface area contributed by atoms with Gasteiger partial charge in [0.1, 0.15) is 11.5 Å². The van der Waals surface area contributed by atoms with Gasteiger partial charge in [0.2, 0.25) is 5.91 Å². The van der Waals surface area contributed by atoms with Crippen LogP contribution in [0.3, 0.4) is 0 Å². The summed E-state index contributed by atoms with van der Waals surface area (Å²) in [5.74, 6) is 0.868. The predicted octanol–water partition coefficient (Wildman–Crippen LogP) is 3.92. The van der Waals surface area contributed by atoms with Crippen molar-refractivity contribution in [3.8, 4) is 22.3 Å². The first-order valence-corrected chi connectivity index (χ1v) is 11.7. The molecule has 1 amide bonds. The highest BCUT2D eigenvalue weighted by Gasteiger charge is 2.22. The van der Waals surface area contributed by atoms with Crippen LogP contribution >= 0.6 is 0 Å². The summed E-state index contributed by atoms with van der Waals surface area (Å²) in [6.45, 7) is 1.46. The van der Waals surface area contributed by atoms with Gasteiger partial charge < -0.3 is 19.8 Å². The van der Waals surface area contributed by atoms with E-state index in [1.165, 1.54) is 18.9 Å². The summed E-state index contributed by atoms with van der Waals surface area (Å²) >= 11 is 0. The number of rotatable bonds is 8. The molecule has 4 aromatic heterocycles. The number of pyridine rings is 3. The molecule has 1 aliphatic carbocycles. The van der Waals surface area contributed by atoms with E-state index in [1.54, 1.807) is 24.5 Å². The van der Waals surface area contributed by atoms with Crippen LogP contribution in [0.2, 0.25) is 0 Å². The van der Waals surface area contributed by atoms with Crippen LogP contribution in [-0.2, 0) is 11.3 Å². The molecule has 0 radical (unpaired) electrons. The van der Waals surface area contributed by atoms with E-state index in [0.717, 1.165) is 39.8 Å². The molecule has 0 spiro atoms. The monoisotopic (exact) mass is 468 g/mol. The lowest BCUT2D eigenvalue weighted by molar-refractivity contribution is -0.111. The van der Waals surface area contributed by atoms with Crippen molar-refractivity contribution < 1.29 is 4.79 Å². The Morgan fingerprint density at radius 3 is 2.83 bits per heavy atom. The zero-order valence-electron chi connectivity index (χ0n) is 19.9. The first-order chi connectivity index (χ1) is 17.0. The van der Waals surface area contributed by atoms with Crippen LogP contribution in [0.5, 0.6) is 0 Å². The summed E-state index contributed by atoms with van der Waals surface area (Å²) in [4.78, 5) is 38.6. The van der Waals surface area contributed by atoms with E-state index < -0.39 is 0 Å². The van der Waals surface area contributed by atoms with Gasteiger partial charge in [0.05, 0.1) is 0 Å². The molecule has 0 aliphatic heterocycles. The molecule has 178 valence electrons. The third kappa shape index (κ3) is 5.38. The fourth-order valence-corrected chi connectivity index (χ4v) is 4.03. The maximum atomic E-state index is 12.3. The number of carbonyl (C=O) groups excluding carboxylic acids is 1. The normalized spacial score (nSPS) is 13.7. The van der Waals surface area contributed by atoms with Crippen LogP contribution in [0.15, 0.2) is 72.1 Å². The number of likely N-dealkylation sites (N-methyl/N-ethyl adjacent to an activating group) is 1. The number of aromatic nitrogens is 4. The maximum absolute atomic E-state index is 12.3. The number of hydrogen-bond acceptors (Lipinski definition) is 5. The second-order valence-corrected chi connectivity index (χ2v) is 9.26. The zero-order valence-corrected chi connectivity index (χ0v) is 19.9. The van der Waals surface area contributed by atoms with Crippen LogP contribution in [-0.4, -0.2) is 51.0 Å². The third-order valence-corrected chi connectivity index (χ3v) is 6.06. The van der Waals surface area contributed by atoms with Gasteiger partial charge in [0.25, 0.3) is 5.56 Å². The van der Waals surface area contributed by atoms with Gasteiger partial charge in [-0.15, -0.1) is 0 Å². The van der Waals surface area contributed by atoms with E-state index in [2.05, 4.69) is 26.3 Å². The van der Waals surface area contributed by atoms with Crippen molar-refractivity contribution in [1.29, 1.82) is 0 Å². The molecule has 35 heavy (non-hydrogen) atoms. The molecule has 0 saturated heterocycles. The Hall–Kier alpha value is -4.04. The Morgan fingerprint density at radius 1 is 1.17 bits per heavy atom. The third-order valence-electron chi connectivity index (χ3n) is 6.06.